The van der Waals surface area contributed by atoms with E-state index in [0.29, 0.717) is 28.2 Å². The Hall–Kier alpha value is -0.580. The molecule has 1 amide bonds. The van der Waals surface area contributed by atoms with Crippen molar-refractivity contribution in [1.82, 2.24) is 5.32 Å². The molecule has 0 saturated heterocycles. The summed E-state index contributed by atoms with van der Waals surface area (Å²) in [7, 11) is 1.59. The van der Waals surface area contributed by atoms with Gasteiger partial charge >= 0.3 is 0 Å². The second-order valence-electron chi connectivity index (χ2n) is 2.88. The lowest BCUT2D eigenvalue weighted by Crippen LogP contribution is -2.26. The van der Waals surface area contributed by atoms with E-state index in [4.69, 9.17) is 16.3 Å². The Labute approximate surface area is 102 Å². The first-order valence-corrected chi connectivity index (χ1v) is 5.54. The van der Waals surface area contributed by atoms with Crippen LogP contribution in [0.5, 0.6) is 0 Å². The number of hydrogen-bond donors (Lipinski definition) is 1. The first kappa shape index (κ1) is 12.5. The van der Waals surface area contributed by atoms with Gasteiger partial charge in [-0.05, 0) is 34.1 Å². The third-order valence-electron chi connectivity index (χ3n) is 1.77. The number of carbonyl (C=O) groups excluding carboxylic acids is 1. The van der Waals surface area contributed by atoms with Gasteiger partial charge in [-0.1, -0.05) is 11.6 Å². The largest absolute Gasteiger partial charge is 0.383 e. The van der Waals surface area contributed by atoms with Crippen LogP contribution in [0.15, 0.2) is 22.7 Å². The van der Waals surface area contributed by atoms with Crippen molar-refractivity contribution in [2.75, 3.05) is 20.3 Å². The number of halogens is 2. The Morgan fingerprint density at radius 1 is 1.60 bits per heavy atom. The SMILES string of the molecule is COCCNC(=O)c1ccc(Cl)c(Br)c1. The standard InChI is InChI=1S/C10H11BrClNO2/c1-15-5-4-13-10(14)7-2-3-9(12)8(11)6-7/h2-3,6H,4-5H2,1H3,(H,13,14). The minimum absolute atomic E-state index is 0.135. The maximum absolute atomic E-state index is 11.6. The third kappa shape index (κ3) is 3.81. The van der Waals surface area contributed by atoms with Crippen molar-refractivity contribution in [1.29, 1.82) is 0 Å². The summed E-state index contributed by atoms with van der Waals surface area (Å²) in [6.45, 7) is 0.996. The minimum Gasteiger partial charge on any atom is -0.383 e. The molecule has 15 heavy (non-hydrogen) atoms. The Kier molecular flexibility index (Phi) is 5.08. The van der Waals surface area contributed by atoms with E-state index in [1.807, 2.05) is 0 Å². The second kappa shape index (κ2) is 6.10. The van der Waals surface area contributed by atoms with E-state index < -0.39 is 0 Å². The van der Waals surface area contributed by atoms with E-state index in [-0.39, 0.29) is 5.91 Å². The van der Waals surface area contributed by atoms with Crippen molar-refractivity contribution < 1.29 is 9.53 Å². The highest BCUT2D eigenvalue weighted by Crippen LogP contribution is 2.22. The monoisotopic (exact) mass is 291 g/mol. The van der Waals surface area contributed by atoms with Gasteiger partial charge in [-0.3, -0.25) is 4.79 Å². The number of ether oxygens (including phenoxy) is 1. The van der Waals surface area contributed by atoms with Crippen LogP contribution in [0, 0.1) is 0 Å². The van der Waals surface area contributed by atoms with Crippen LogP contribution in [0.2, 0.25) is 5.02 Å². The van der Waals surface area contributed by atoms with Crippen LogP contribution in [0.3, 0.4) is 0 Å². The van der Waals surface area contributed by atoms with Gasteiger partial charge in [0.05, 0.1) is 11.6 Å². The number of nitrogens with one attached hydrogen (secondary N) is 1. The minimum atomic E-state index is -0.135. The molecule has 1 N–H and O–H groups in total. The average molecular weight is 293 g/mol. The number of hydrogen-bond acceptors (Lipinski definition) is 2. The summed E-state index contributed by atoms with van der Waals surface area (Å²) < 4.78 is 5.54. The number of benzene rings is 1. The predicted octanol–water partition coefficient (Wildman–Crippen LogP) is 2.48. The fraction of sp³-hybridized carbons (Fsp3) is 0.300. The zero-order chi connectivity index (χ0) is 11.3. The quantitative estimate of drug-likeness (QED) is 0.866. The molecule has 82 valence electrons. The van der Waals surface area contributed by atoms with Gasteiger partial charge in [-0.2, -0.15) is 0 Å². The van der Waals surface area contributed by atoms with Crippen molar-refractivity contribution in [3.8, 4) is 0 Å². The van der Waals surface area contributed by atoms with Crippen LogP contribution in [-0.4, -0.2) is 26.2 Å². The number of amides is 1. The Balaban J connectivity index is 2.62. The highest BCUT2D eigenvalue weighted by Gasteiger charge is 2.06. The van der Waals surface area contributed by atoms with Crippen LogP contribution >= 0.6 is 27.5 Å². The lowest BCUT2D eigenvalue weighted by Gasteiger charge is -2.05. The van der Waals surface area contributed by atoms with Gasteiger partial charge in [-0.15, -0.1) is 0 Å². The highest BCUT2D eigenvalue weighted by molar-refractivity contribution is 9.10. The summed E-state index contributed by atoms with van der Waals surface area (Å²) in [6, 6.07) is 5.04. The van der Waals surface area contributed by atoms with Crippen molar-refractivity contribution >= 4 is 33.4 Å². The van der Waals surface area contributed by atoms with Gasteiger partial charge in [0.1, 0.15) is 0 Å². The molecule has 1 aromatic rings. The molecule has 0 bridgehead atoms. The van der Waals surface area contributed by atoms with Gasteiger partial charge < -0.3 is 10.1 Å². The van der Waals surface area contributed by atoms with Gasteiger partial charge in [0.2, 0.25) is 0 Å². The fourth-order valence-corrected chi connectivity index (χ4v) is 1.50. The summed E-state index contributed by atoms with van der Waals surface area (Å²) in [6.07, 6.45) is 0. The van der Waals surface area contributed by atoms with Gasteiger partial charge in [-0.25, -0.2) is 0 Å². The van der Waals surface area contributed by atoms with Crippen molar-refractivity contribution in [2.45, 2.75) is 0 Å². The molecule has 3 nitrogen and oxygen atoms in total. The molecule has 0 aromatic heterocycles. The molecule has 0 atom stereocenters. The van der Waals surface area contributed by atoms with E-state index in [0.717, 1.165) is 0 Å². The molecule has 0 fully saturated rings. The zero-order valence-electron chi connectivity index (χ0n) is 8.22. The maximum atomic E-state index is 11.6. The Morgan fingerprint density at radius 3 is 2.93 bits per heavy atom. The summed E-state index contributed by atoms with van der Waals surface area (Å²) in [5.74, 6) is -0.135. The smallest absolute Gasteiger partial charge is 0.251 e. The first-order valence-electron chi connectivity index (χ1n) is 4.37. The number of methoxy groups -OCH3 is 1. The van der Waals surface area contributed by atoms with E-state index >= 15 is 0 Å². The molecule has 0 aliphatic heterocycles. The molecule has 0 heterocycles. The van der Waals surface area contributed by atoms with E-state index in [9.17, 15) is 4.79 Å². The van der Waals surface area contributed by atoms with Crippen LogP contribution < -0.4 is 5.32 Å². The molecule has 0 aliphatic rings. The zero-order valence-corrected chi connectivity index (χ0v) is 10.6. The van der Waals surface area contributed by atoms with Crippen LogP contribution in [0.4, 0.5) is 0 Å². The molecule has 1 rings (SSSR count). The number of rotatable bonds is 4. The molecular formula is C10H11BrClNO2. The highest BCUT2D eigenvalue weighted by atomic mass is 79.9. The molecule has 1 aromatic carbocycles. The topological polar surface area (TPSA) is 38.3 Å². The molecule has 0 unspecified atom stereocenters. The molecule has 0 spiro atoms. The molecule has 0 aliphatic carbocycles. The Morgan fingerprint density at radius 2 is 2.33 bits per heavy atom. The fourth-order valence-electron chi connectivity index (χ4n) is 1.01. The second-order valence-corrected chi connectivity index (χ2v) is 4.14. The van der Waals surface area contributed by atoms with Crippen LogP contribution in [-0.2, 0) is 4.74 Å². The normalized spacial score (nSPS) is 10.1. The summed E-state index contributed by atoms with van der Waals surface area (Å²) >= 11 is 9.07. The lowest BCUT2D eigenvalue weighted by atomic mass is 10.2. The van der Waals surface area contributed by atoms with Crippen LogP contribution in [0.1, 0.15) is 10.4 Å². The third-order valence-corrected chi connectivity index (χ3v) is 2.99. The van der Waals surface area contributed by atoms with Gasteiger partial charge in [0, 0.05) is 23.7 Å². The molecular weight excluding hydrogens is 281 g/mol. The van der Waals surface area contributed by atoms with E-state index in [2.05, 4.69) is 21.2 Å². The van der Waals surface area contributed by atoms with E-state index in [1.54, 1.807) is 25.3 Å². The van der Waals surface area contributed by atoms with Gasteiger partial charge in [0.25, 0.3) is 5.91 Å². The van der Waals surface area contributed by atoms with Crippen molar-refractivity contribution in [3.63, 3.8) is 0 Å². The predicted molar refractivity (Wildman–Crippen MR) is 63.4 cm³/mol. The lowest BCUT2D eigenvalue weighted by molar-refractivity contribution is 0.0937. The average Bonchev–Trinajstić information content (AvgIpc) is 2.22. The summed E-state index contributed by atoms with van der Waals surface area (Å²) in [5, 5.41) is 3.31. The summed E-state index contributed by atoms with van der Waals surface area (Å²) in [5.41, 5.74) is 0.572. The van der Waals surface area contributed by atoms with Crippen molar-refractivity contribution in [3.05, 3.63) is 33.3 Å². The van der Waals surface area contributed by atoms with Crippen molar-refractivity contribution in [2.24, 2.45) is 0 Å². The van der Waals surface area contributed by atoms with Crippen LogP contribution in [0.25, 0.3) is 0 Å². The number of carbonyl (C=O) groups is 1. The molecule has 5 heteroatoms. The van der Waals surface area contributed by atoms with Gasteiger partial charge in [0.15, 0.2) is 0 Å². The first-order chi connectivity index (χ1) is 7.15. The summed E-state index contributed by atoms with van der Waals surface area (Å²) in [4.78, 5) is 11.6. The molecule has 0 saturated carbocycles. The molecule has 0 radical (unpaired) electrons. The Bertz CT molecular complexity index is 357. The maximum Gasteiger partial charge on any atom is 0.251 e. The van der Waals surface area contributed by atoms with E-state index in [1.165, 1.54) is 0 Å².